The highest BCUT2D eigenvalue weighted by atomic mass is 32.1. The monoisotopic (exact) mass is 546 g/mol. The average molecular weight is 547 g/mol. The Kier molecular flexibility index (Phi) is 6.72. The van der Waals surface area contributed by atoms with E-state index in [-0.39, 0.29) is 12.2 Å². The summed E-state index contributed by atoms with van der Waals surface area (Å²) in [7, 11) is 0. The minimum absolute atomic E-state index is 0.173. The molecule has 1 aliphatic heterocycles. The van der Waals surface area contributed by atoms with Crippen molar-refractivity contribution in [1.29, 1.82) is 0 Å². The zero-order chi connectivity index (χ0) is 28.0. The smallest absolute Gasteiger partial charge is 0.338 e. The molecular formula is C34H30N2O3S. The highest BCUT2D eigenvalue weighted by Gasteiger charge is 2.33. The fourth-order valence-corrected chi connectivity index (χ4v) is 6.53. The van der Waals surface area contributed by atoms with Crippen LogP contribution in [-0.2, 0) is 9.53 Å². The van der Waals surface area contributed by atoms with Crippen LogP contribution in [0.2, 0.25) is 0 Å². The van der Waals surface area contributed by atoms with Crippen molar-refractivity contribution in [3.63, 3.8) is 0 Å². The van der Waals surface area contributed by atoms with Crippen LogP contribution < -0.4 is 14.9 Å². The highest BCUT2D eigenvalue weighted by Crippen LogP contribution is 2.32. The third-order valence-corrected chi connectivity index (χ3v) is 8.51. The molecule has 0 aliphatic carbocycles. The summed E-state index contributed by atoms with van der Waals surface area (Å²) in [6, 6.07) is 26.2. The Hall–Kier alpha value is -4.29. The van der Waals surface area contributed by atoms with E-state index < -0.39 is 12.0 Å². The number of carbonyl (C=O) groups is 1. The molecule has 200 valence electrons. The quantitative estimate of drug-likeness (QED) is 0.194. The number of hydrogen-bond acceptors (Lipinski definition) is 5. The molecule has 0 radical (unpaired) electrons. The minimum atomic E-state index is -0.622. The number of aromatic nitrogens is 1. The molecule has 0 bridgehead atoms. The number of ether oxygens (including phenoxy) is 1. The van der Waals surface area contributed by atoms with E-state index in [9.17, 15) is 9.59 Å². The topological polar surface area (TPSA) is 60.7 Å². The Morgan fingerprint density at radius 1 is 1.00 bits per heavy atom. The van der Waals surface area contributed by atoms with Crippen LogP contribution in [-0.4, -0.2) is 17.1 Å². The van der Waals surface area contributed by atoms with E-state index >= 15 is 0 Å². The summed E-state index contributed by atoms with van der Waals surface area (Å²) < 4.78 is 7.67. The number of thiazole rings is 1. The molecule has 0 N–H and O–H groups in total. The van der Waals surface area contributed by atoms with Crippen molar-refractivity contribution in [2.45, 2.75) is 39.7 Å². The van der Waals surface area contributed by atoms with Crippen LogP contribution in [0.3, 0.4) is 0 Å². The van der Waals surface area contributed by atoms with Gasteiger partial charge >= 0.3 is 5.97 Å². The van der Waals surface area contributed by atoms with Gasteiger partial charge in [-0.1, -0.05) is 98.0 Å². The Labute approximate surface area is 236 Å². The fourth-order valence-electron chi connectivity index (χ4n) is 5.51. The summed E-state index contributed by atoms with van der Waals surface area (Å²) in [6.07, 6.45) is 1.98. The summed E-state index contributed by atoms with van der Waals surface area (Å²) >= 11 is 1.35. The first-order chi connectivity index (χ1) is 19.4. The maximum absolute atomic E-state index is 14.2. The number of fused-ring (bicyclic) bond motifs is 3. The lowest BCUT2D eigenvalue weighted by molar-refractivity contribution is -0.139. The first kappa shape index (κ1) is 26.0. The molecule has 40 heavy (non-hydrogen) atoms. The Morgan fingerprint density at radius 2 is 1.62 bits per heavy atom. The molecule has 0 unspecified atom stereocenters. The van der Waals surface area contributed by atoms with E-state index in [0.717, 1.165) is 32.7 Å². The SMILES string of the molecule is CCOC(=O)C1=C(C)N=c2s/c(=C/c3c4ccccc4cc4ccccc34)c(=O)n2[C@@H]1c1ccc(C(C)C)cc1. The van der Waals surface area contributed by atoms with Crippen LogP contribution in [0, 0.1) is 0 Å². The van der Waals surface area contributed by atoms with Gasteiger partial charge in [0.05, 0.1) is 28.5 Å². The van der Waals surface area contributed by atoms with Crippen LogP contribution in [0.5, 0.6) is 0 Å². The van der Waals surface area contributed by atoms with E-state index in [2.05, 4.69) is 56.3 Å². The van der Waals surface area contributed by atoms with Gasteiger partial charge in [-0.25, -0.2) is 9.79 Å². The molecule has 6 rings (SSSR count). The number of carbonyl (C=O) groups excluding carboxylic acids is 1. The van der Waals surface area contributed by atoms with E-state index in [1.807, 2.05) is 49.4 Å². The molecule has 5 nitrogen and oxygen atoms in total. The highest BCUT2D eigenvalue weighted by molar-refractivity contribution is 7.07. The lowest BCUT2D eigenvalue weighted by Gasteiger charge is -2.25. The first-order valence-corrected chi connectivity index (χ1v) is 14.4. The van der Waals surface area contributed by atoms with Crippen molar-refractivity contribution in [2.75, 3.05) is 6.61 Å². The van der Waals surface area contributed by atoms with Crippen molar-refractivity contribution < 1.29 is 9.53 Å². The van der Waals surface area contributed by atoms with E-state index in [4.69, 9.17) is 9.73 Å². The summed E-state index contributed by atoms with van der Waals surface area (Å²) in [5, 5.41) is 4.39. The maximum Gasteiger partial charge on any atom is 0.338 e. The molecule has 1 aliphatic rings. The summed E-state index contributed by atoms with van der Waals surface area (Å²) in [5.74, 6) is -0.0793. The summed E-state index contributed by atoms with van der Waals surface area (Å²) in [4.78, 5) is 32.7. The number of hydrogen-bond donors (Lipinski definition) is 0. The van der Waals surface area contributed by atoms with Crippen molar-refractivity contribution in [1.82, 2.24) is 4.57 Å². The third kappa shape index (κ3) is 4.38. The zero-order valence-corrected chi connectivity index (χ0v) is 23.8. The van der Waals surface area contributed by atoms with Gasteiger partial charge in [0, 0.05) is 0 Å². The van der Waals surface area contributed by atoms with Crippen LogP contribution in [0.4, 0.5) is 0 Å². The second-order valence-corrected chi connectivity index (χ2v) is 11.4. The molecule has 0 saturated heterocycles. The normalized spacial score (nSPS) is 15.5. The van der Waals surface area contributed by atoms with Gasteiger partial charge in [0.2, 0.25) is 0 Å². The number of esters is 1. The lowest BCUT2D eigenvalue weighted by atomic mass is 9.93. The molecule has 0 fully saturated rings. The van der Waals surface area contributed by atoms with Crippen molar-refractivity contribution in [3.05, 3.63) is 127 Å². The molecule has 2 heterocycles. The van der Waals surface area contributed by atoms with Crippen molar-refractivity contribution in [2.24, 2.45) is 4.99 Å². The molecule has 6 heteroatoms. The van der Waals surface area contributed by atoms with Gasteiger partial charge in [0.1, 0.15) is 0 Å². The van der Waals surface area contributed by atoms with Gasteiger partial charge in [-0.05, 0) is 70.1 Å². The van der Waals surface area contributed by atoms with Crippen LogP contribution in [0.25, 0.3) is 27.6 Å². The van der Waals surface area contributed by atoms with Crippen molar-refractivity contribution in [3.8, 4) is 0 Å². The number of rotatable bonds is 5. The van der Waals surface area contributed by atoms with Gasteiger partial charge in [0.15, 0.2) is 4.80 Å². The molecule has 1 aromatic heterocycles. The minimum Gasteiger partial charge on any atom is -0.463 e. The average Bonchev–Trinajstić information content (AvgIpc) is 3.26. The molecular weight excluding hydrogens is 516 g/mol. The van der Waals surface area contributed by atoms with Crippen LogP contribution in [0.1, 0.15) is 56.3 Å². The molecule has 5 aromatic rings. The second-order valence-electron chi connectivity index (χ2n) is 10.4. The molecule has 1 atom stereocenters. The maximum atomic E-state index is 14.2. The Balaban J connectivity index is 1.62. The standard InChI is InChI=1S/C34H30N2O3S/c1-5-39-33(38)30-21(4)35-34-36(31(30)23-16-14-22(15-17-23)20(2)3)32(37)29(40-34)19-28-26-12-8-6-10-24(26)18-25-11-7-9-13-27(25)28/h6-20,31H,5H2,1-4H3/b29-19+/t31-/m1/s1. The molecule has 4 aromatic carbocycles. The molecule has 0 saturated carbocycles. The van der Waals surface area contributed by atoms with Crippen LogP contribution >= 0.6 is 11.3 Å². The Bertz CT molecular complexity index is 1940. The largest absolute Gasteiger partial charge is 0.463 e. The van der Waals surface area contributed by atoms with E-state index in [0.29, 0.717) is 26.5 Å². The fraction of sp³-hybridized carbons (Fsp3) is 0.206. The number of nitrogens with zero attached hydrogens (tertiary/aromatic N) is 2. The second kappa shape index (κ2) is 10.4. The van der Waals surface area contributed by atoms with Crippen LogP contribution in [0.15, 0.2) is 99.9 Å². The Morgan fingerprint density at radius 3 is 2.23 bits per heavy atom. The van der Waals surface area contributed by atoms with Gasteiger partial charge in [-0.15, -0.1) is 0 Å². The van der Waals surface area contributed by atoms with E-state index in [1.165, 1.54) is 16.9 Å². The summed E-state index contributed by atoms with van der Waals surface area (Å²) in [6.45, 7) is 8.13. The number of benzene rings is 4. The lowest BCUT2D eigenvalue weighted by Crippen LogP contribution is -2.39. The van der Waals surface area contributed by atoms with Gasteiger partial charge in [-0.3, -0.25) is 9.36 Å². The van der Waals surface area contributed by atoms with Gasteiger partial charge in [-0.2, -0.15) is 0 Å². The predicted molar refractivity (Wildman–Crippen MR) is 162 cm³/mol. The van der Waals surface area contributed by atoms with Gasteiger partial charge < -0.3 is 4.74 Å². The zero-order valence-electron chi connectivity index (χ0n) is 23.0. The van der Waals surface area contributed by atoms with E-state index in [1.54, 1.807) is 11.5 Å². The first-order valence-electron chi connectivity index (χ1n) is 13.6. The van der Waals surface area contributed by atoms with Crippen molar-refractivity contribution >= 4 is 44.9 Å². The predicted octanol–water partition coefficient (Wildman–Crippen LogP) is 6.23. The molecule has 0 amide bonds. The van der Waals surface area contributed by atoms with Gasteiger partial charge in [0.25, 0.3) is 5.56 Å². The third-order valence-electron chi connectivity index (χ3n) is 7.52. The summed E-state index contributed by atoms with van der Waals surface area (Å²) in [5.41, 5.74) is 3.84. The number of allylic oxidation sites excluding steroid dienone is 1. The molecule has 0 spiro atoms.